The molecule has 0 aromatic carbocycles. The third kappa shape index (κ3) is 1.62. The minimum Gasteiger partial charge on any atom is -0.376 e. The summed E-state index contributed by atoms with van der Waals surface area (Å²) in [7, 11) is 0. The van der Waals surface area contributed by atoms with Crippen LogP contribution in [-0.2, 0) is 23.2 Å². The second kappa shape index (κ2) is 4.13. The summed E-state index contributed by atoms with van der Waals surface area (Å²) in [5.74, 6) is 0. The van der Waals surface area contributed by atoms with Crippen LogP contribution in [-0.4, -0.2) is 13.2 Å². The molecule has 16 heavy (non-hydrogen) atoms. The lowest BCUT2D eigenvalue weighted by molar-refractivity contribution is 0.112. The third-order valence-corrected chi connectivity index (χ3v) is 5.59. The first-order chi connectivity index (χ1) is 7.84. The lowest BCUT2D eigenvalue weighted by atomic mass is 9.84. The maximum Gasteiger partial charge on any atom is 0.0727 e. The van der Waals surface area contributed by atoms with Crippen molar-refractivity contribution in [3.63, 3.8) is 0 Å². The van der Waals surface area contributed by atoms with Crippen molar-refractivity contribution in [1.82, 2.24) is 0 Å². The number of ether oxygens (including phenoxy) is 1. The molecular weight excluding hydrogens is 218 g/mol. The quantitative estimate of drug-likeness (QED) is 0.858. The Morgan fingerprint density at radius 2 is 2.19 bits per heavy atom. The molecular formula is C13H19NOS. The molecule has 2 nitrogen and oxygen atoms in total. The van der Waals surface area contributed by atoms with Gasteiger partial charge in [-0.2, -0.15) is 0 Å². The Kier molecular flexibility index (Phi) is 2.78. The molecule has 2 N–H and O–H groups in total. The van der Waals surface area contributed by atoms with Gasteiger partial charge in [-0.05, 0) is 24.5 Å². The van der Waals surface area contributed by atoms with Crippen molar-refractivity contribution in [1.29, 1.82) is 0 Å². The van der Waals surface area contributed by atoms with Gasteiger partial charge in [0, 0.05) is 28.1 Å². The van der Waals surface area contributed by atoms with Gasteiger partial charge in [0.05, 0.1) is 13.2 Å². The first-order valence-electron chi connectivity index (χ1n) is 6.24. The lowest BCUT2D eigenvalue weighted by Gasteiger charge is -2.25. The van der Waals surface area contributed by atoms with Crippen LogP contribution in [0.4, 0.5) is 0 Å². The maximum atomic E-state index is 6.03. The highest BCUT2D eigenvalue weighted by Gasteiger charge is 2.36. The summed E-state index contributed by atoms with van der Waals surface area (Å²) in [4.78, 5) is 3.07. The van der Waals surface area contributed by atoms with Crippen molar-refractivity contribution in [2.24, 2.45) is 5.73 Å². The van der Waals surface area contributed by atoms with Crippen LogP contribution in [0.3, 0.4) is 0 Å². The Morgan fingerprint density at radius 3 is 2.88 bits per heavy atom. The van der Waals surface area contributed by atoms with Crippen molar-refractivity contribution in [3.05, 3.63) is 21.4 Å². The molecule has 1 aliphatic heterocycles. The van der Waals surface area contributed by atoms with Crippen molar-refractivity contribution >= 4 is 11.3 Å². The van der Waals surface area contributed by atoms with E-state index in [1.54, 1.807) is 4.88 Å². The van der Waals surface area contributed by atoms with Crippen LogP contribution in [0.15, 0.2) is 6.07 Å². The minimum absolute atomic E-state index is 0.308. The smallest absolute Gasteiger partial charge is 0.0727 e. The Balaban J connectivity index is 1.96. The largest absolute Gasteiger partial charge is 0.376 e. The van der Waals surface area contributed by atoms with Crippen LogP contribution in [0.1, 0.15) is 41.0 Å². The zero-order valence-electron chi connectivity index (χ0n) is 9.63. The van der Waals surface area contributed by atoms with Crippen LogP contribution in [0, 0.1) is 0 Å². The average molecular weight is 237 g/mol. The number of fused-ring (bicyclic) bond motifs is 1. The van der Waals surface area contributed by atoms with E-state index in [1.165, 1.54) is 36.1 Å². The standard InChI is InChI=1S/C13H19NOS/c14-9-13(4-1-2-5-13)12-7-10-8-15-6-3-11(10)16-12/h7H,1-6,8-9,14H2. The van der Waals surface area contributed by atoms with Crippen LogP contribution in [0.2, 0.25) is 0 Å². The molecule has 0 amide bonds. The average Bonchev–Trinajstić information content (AvgIpc) is 2.96. The Morgan fingerprint density at radius 1 is 1.38 bits per heavy atom. The highest BCUT2D eigenvalue weighted by Crippen LogP contribution is 2.44. The number of hydrogen-bond acceptors (Lipinski definition) is 3. The molecule has 1 aromatic heterocycles. The minimum atomic E-state index is 0.308. The Hall–Kier alpha value is -0.380. The van der Waals surface area contributed by atoms with E-state index in [0.717, 1.165) is 26.2 Å². The molecule has 0 saturated heterocycles. The summed E-state index contributed by atoms with van der Waals surface area (Å²) in [5.41, 5.74) is 7.76. The molecule has 1 aliphatic carbocycles. The van der Waals surface area contributed by atoms with Gasteiger partial charge in [0.25, 0.3) is 0 Å². The van der Waals surface area contributed by atoms with E-state index in [2.05, 4.69) is 6.07 Å². The summed E-state index contributed by atoms with van der Waals surface area (Å²) in [6, 6.07) is 2.37. The molecule has 2 aliphatic rings. The predicted octanol–water partition coefficient (Wildman–Crippen LogP) is 2.59. The molecule has 2 heterocycles. The molecule has 1 saturated carbocycles. The van der Waals surface area contributed by atoms with E-state index in [0.29, 0.717) is 5.41 Å². The molecule has 0 radical (unpaired) electrons. The van der Waals surface area contributed by atoms with Crippen molar-refractivity contribution in [2.45, 2.75) is 44.1 Å². The van der Waals surface area contributed by atoms with Gasteiger partial charge in [0.1, 0.15) is 0 Å². The Bertz CT molecular complexity index is 356. The summed E-state index contributed by atoms with van der Waals surface area (Å²) in [5, 5.41) is 0. The second-order valence-electron chi connectivity index (χ2n) is 5.05. The van der Waals surface area contributed by atoms with E-state index in [1.807, 2.05) is 11.3 Å². The molecule has 0 atom stereocenters. The summed E-state index contributed by atoms with van der Waals surface area (Å²) < 4.78 is 5.51. The Labute approximate surface area is 101 Å². The van der Waals surface area contributed by atoms with Gasteiger partial charge in [-0.25, -0.2) is 0 Å². The first kappa shape index (κ1) is 10.8. The molecule has 0 spiro atoms. The van der Waals surface area contributed by atoms with Crippen LogP contribution in [0.5, 0.6) is 0 Å². The number of hydrogen-bond donors (Lipinski definition) is 1. The van der Waals surface area contributed by atoms with E-state index < -0.39 is 0 Å². The monoisotopic (exact) mass is 237 g/mol. The van der Waals surface area contributed by atoms with Crippen LogP contribution < -0.4 is 5.73 Å². The summed E-state index contributed by atoms with van der Waals surface area (Å²) in [6.45, 7) is 2.52. The number of nitrogens with two attached hydrogens (primary N) is 1. The van der Waals surface area contributed by atoms with Gasteiger partial charge in [0.15, 0.2) is 0 Å². The van der Waals surface area contributed by atoms with E-state index in [-0.39, 0.29) is 0 Å². The molecule has 88 valence electrons. The van der Waals surface area contributed by atoms with Crippen molar-refractivity contribution < 1.29 is 4.74 Å². The van der Waals surface area contributed by atoms with Gasteiger partial charge in [-0.15, -0.1) is 11.3 Å². The first-order valence-corrected chi connectivity index (χ1v) is 7.06. The predicted molar refractivity (Wildman–Crippen MR) is 66.9 cm³/mol. The molecule has 0 unspecified atom stereocenters. The molecule has 3 heteroatoms. The maximum absolute atomic E-state index is 6.03. The zero-order valence-corrected chi connectivity index (χ0v) is 10.4. The van der Waals surface area contributed by atoms with E-state index >= 15 is 0 Å². The van der Waals surface area contributed by atoms with Crippen LogP contribution in [0.25, 0.3) is 0 Å². The fraction of sp³-hybridized carbons (Fsp3) is 0.692. The van der Waals surface area contributed by atoms with Gasteiger partial charge in [0.2, 0.25) is 0 Å². The van der Waals surface area contributed by atoms with Gasteiger partial charge >= 0.3 is 0 Å². The highest BCUT2D eigenvalue weighted by molar-refractivity contribution is 7.12. The van der Waals surface area contributed by atoms with Crippen molar-refractivity contribution in [2.75, 3.05) is 13.2 Å². The summed E-state index contributed by atoms with van der Waals surface area (Å²) >= 11 is 2.00. The van der Waals surface area contributed by atoms with E-state index in [4.69, 9.17) is 10.5 Å². The lowest BCUT2D eigenvalue weighted by Crippen LogP contribution is -2.30. The van der Waals surface area contributed by atoms with Gasteiger partial charge < -0.3 is 10.5 Å². The van der Waals surface area contributed by atoms with Gasteiger partial charge in [-0.3, -0.25) is 0 Å². The second-order valence-corrected chi connectivity index (χ2v) is 6.19. The third-order valence-electron chi connectivity index (χ3n) is 4.10. The number of rotatable bonds is 2. The molecule has 3 rings (SSSR count). The van der Waals surface area contributed by atoms with Crippen LogP contribution >= 0.6 is 11.3 Å². The van der Waals surface area contributed by atoms with Gasteiger partial charge in [-0.1, -0.05) is 12.8 Å². The molecule has 0 bridgehead atoms. The number of thiophene rings is 1. The molecule has 1 fully saturated rings. The summed E-state index contributed by atoms with van der Waals surface area (Å²) in [6.07, 6.45) is 6.35. The zero-order chi connectivity index (χ0) is 11.0. The molecule has 1 aromatic rings. The van der Waals surface area contributed by atoms with Crippen molar-refractivity contribution in [3.8, 4) is 0 Å². The normalized spacial score (nSPS) is 23.3. The SMILES string of the molecule is NCC1(c2cc3c(s2)CCOC3)CCCC1. The topological polar surface area (TPSA) is 35.2 Å². The fourth-order valence-electron chi connectivity index (χ4n) is 3.01. The van der Waals surface area contributed by atoms with E-state index in [9.17, 15) is 0 Å². The fourth-order valence-corrected chi connectivity index (χ4v) is 4.42. The highest BCUT2D eigenvalue weighted by atomic mass is 32.1.